The Morgan fingerprint density at radius 1 is 1.30 bits per heavy atom. The molecule has 2 N–H and O–H groups in total. The first-order valence-electron chi connectivity index (χ1n) is 7.75. The molecule has 23 heavy (non-hydrogen) atoms. The molecule has 1 heterocycles. The van der Waals surface area contributed by atoms with E-state index in [0.29, 0.717) is 31.7 Å². The van der Waals surface area contributed by atoms with E-state index in [1.165, 1.54) is 0 Å². The van der Waals surface area contributed by atoms with E-state index in [2.05, 4.69) is 10.6 Å². The largest absolute Gasteiger partial charge is 0.489 e. The lowest BCUT2D eigenvalue weighted by Gasteiger charge is -2.34. The molecule has 6 nitrogen and oxygen atoms in total. The molecule has 1 atom stereocenters. The molecule has 1 amide bonds. The minimum atomic E-state index is -3.49. The summed E-state index contributed by atoms with van der Waals surface area (Å²) in [7, 11) is -3.49. The number of carbonyl (C=O) groups is 1. The minimum absolute atomic E-state index is 0.250. The second-order valence-corrected chi connectivity index (χ2v) is 8.29. The van der Waals surface area contributed by atoms with Crippen molar-refractivity contribution in [3.05, 3.63) is 30.3 Å². The van der Waals surface area contributed by atoms with Crippen molar-refractivity contribution in [3.8, 4) is 5.75 Å². The number of rotatable bonds is 6. The Kier molecular flexibility index (Phi) is 5.64. The molecule has 0 spiro atoms. The van der Waals surface area contributed by atoms with Crippen LogP contribution >= 0.6 is 0 Å². The van der Waals surface area contributed by atoms with Gasteiger partial charge in [0, 0.05) is 6.26 Å². The van der Waals surface area contributed by atoms with Crippen LogP contribution in [0, 0.1) is 0 Å². The van der Waals surface area contributed by atoms with Gasteiger partial charge in [0.2, 0.25) is 5.91 Å². The van der Waals surface area contributed by atoms with Crippen LogP contribution in [-0.4, -0.2) is 51.1 Å². The fourth-order valence-corrected chi connectivity index (χ4v) is 4.12. The number of sulfone groups is 1. The molecule has 1 aromatic carbocycles. The number of piperidine rings is 1. The first-order chi connectivity index (χ1) is 10.8. The summed E-state index contributed by atoms with van der Waals surface area (Å²) in [6.45, 7) is 3.15. The topological polar surface area (TPSA) is 84.5 Å². The lowest BCUT2D eigenvalue weighted by Crippen LogP contribution is -2.58. The number of carbonyl (C=O) groups excluding carboxylic acids is 1. The first-order valence-corrected chi connectivity index (χ1v) is 9.65. The van der Waals surface area contributed by atoms with Crippen molar-refractivity contribution >= 4 is 15.7 Å². The summed E-state index contributed by atoms with van der Waals surface area (Å²) in [4.78, 5) is 12.6. The fraction of sp³-hybridized carbons (Fsp3) is 0.562. The second-order valence-electron chi connectivity index (χ2n) is 5.97. The summed E-state index contributed by atoms with van der Waals surface area (Å²) in [5.74, 6) is 0.291. The third kappa shape index (κ3) is 4.23. The zero-order valence-electron chi connectivity index (χ0n) is 13.5. The number of para-hydroxylation sites is 1. The van der Waals surface area contributed by atoms with Crippen molar-refractivity contribution in [1.82, 2.24) is 10.6 Å². The molecular formula is C16H24N2O4S. The smallest absolute Gasteiger partial charge is 0.241 e. The Morgan fingerprint density at radius 2 is 1.91 bits per heavy atom. The fourth-order valence-electron chi connectivity index (χ4n) is 2.77. The average molecular weight is 340 g/mol. The van der Waals surface area contributed by atoms with E-state index in [-0.39, 0.29) is 12.6 Å². The van der Waals surface area contributed by atoms with Crippen molar-refractivity contribution in [2.45, 2.75) is 30.6 Å². The molecule has 0 aliphatic carbocycles. The normalized spacial score (nSPS) is 18.9. The highest BCUT2D eigenvalue weighted by Crippen LogP contribution is 2.28. The molecular weight excluding hydrogens is 316 g/mol. The quantitative estimate of drug-likeness (QED) is 0.798. The summed E-state index contributed by atoms with van der Waals surface area (Å²) < 4.78 is 28.7. The highest BCUT2D eigenvalue weighted by molar-refractivity contribution is 7.92. The molecule has 2 rings (SSSR count). The summed E-state index contributed by atoms with van der Waals surface area (Å²) in [5, 5.41) is 5.84. The van der Waals surface area contributed by atoms with Crippen molar-refractivity contribution in [3.63, 3.8) is 0 Å². The van der Waals surface area contributed by atoms with Crippen molar-refractivity contribution in [2.24, 2.45) is 0 Å². The molecule has 0 saturated carbocycles. The zero-order valence-corrected chi connectivity index (χ0v) is 14.4. The van der Waals surface area contributed by atoms with Crippen LogP contribution in [0.3, 0.4) is 0 Å². The SMILES string of the molecule is CC(CNC(=O)C1(S(C)(=O)=O)CCNCC1)Oc1ccccc1. The van der Waals surface area contributed by atoms with E-state index in [9.17, 15) is 13.2 Å². The molecule has 0 aromatic heterocycles. The number of nitrogens with one attached hydrogen (secondary N) is 2. The standard InChI is InChI=1S/C16H24N2O4S/c1-13(22-14-6-4-3-5-7-14)12-18-15(19)16(23(2,20)21)8-10-17-11-9-16/h3-7,13,17H,8-12H2,1-2H3,(H,18,19). The van der Waals surface area contributed by atoms with Gasteiger partial charge in [-0.3, -0.25) is 4.79 Å². The van der Waals surface area contributed by atoms with Crippen LogP contribution in [0.4, 0.5) is 0 Å². The van der Waals surface area contributed by atoms with Crippen LogP contribution in [0.2, 0.25) is 0 Å². The monoisotopic (exact) mass is 340 g/mol. The summed E-state index contributed by atoms with van der Waals surface area (Å²) in [6, 6.07) is 9.31. The number of ether oxygens (including phenoxy) is 1. The third-order valence-corrected chi connectivity index (χ3v) is 6.18. The predicted octanol–water partition coefficient (Wildman–Crippen LogP) is 0.737. The van der Waals surface area contributed by atoms with Gasteiger partial charge >= 0.3 is 0 Å². The number of hydrogen-bond donors (Lipinski definition) is 2. The summed E-state index contributed by atoms with van der Waals surface area (Å²) >= 11 is 0. The maximum atomic E-state index is 12.6. The zero-order chi connectivity index (χ0) is 16.9. The van der Waals surface area contributed by atoms with E-state index in [0.717, 1.165) is 6.26 Å². The Morgan fingerprint density at radius 3 is 2.48 bits per heavy atom. The Bertz CT molecular complexity index is 625. The average Bonchev–Trinajstić information content (AvgIpc) is 2.53. The second kappa shape index (κ2) is 7.31. The predicted molar refractivity (Wildman–Crippen MR) is 89.2 cm³/mol. The van der Waals surface area contributed by atoms with E-state index in [4.69, 9.17) is 4.74 Å². The van der Waals surface area contributed by atoms with Gasteiger partial charge in [0.15, 0.2) is 14.6 Å². The van der Waals surface area contributed by atoms with E-state index >= 15 is 0 Å². The summed E-state index contributed by atoms with van der Waals surface area (Å²) in [5.41, 5.74) is 0. The van der Waals surface area contributed by atoms with Gasteiger partial charge in [-0.2, -0.15) is 0 Å². The molecule has 0 radical (unpaired) electrons. The van der Waals surface area contributed by atoms with Gasteiger partial charge in [-0.15, -0.1) is 0 Å². The molecule has 1 aliphatic rings. The van der Waals surface area contributed by atoms with E-state index in [1.807, 2.05) is 37.3 Å². The van der Waals surface area contributed by atoms with Gasteiger partial charge in [0.05, 0.1) is 6.54 Å². The van der Waals surface area contributed by atoms with Gasteiger partial charge < -0.3 is 15.4 Å². The van der Waals surface area contributed by atoms with Crippen molar-refractivity contribution < 1.29 is 17.9 Å². The van der Waals surface area contributed by atoms with Crippen LogP contribution in [0.25, 0.3) is 0 Å². The number of benzene rings is 1. The molecule has 7 heteroatoms. The highest BCUT2D eigenvalue weighted by Gasteiger charge is 2.48. The van der Waals surface area contributed by atoms with Gasteiger partial charge in [-0.05, 0) is 45.0 Å². The number of amides is 1. The highest BCUT2D eigenvalue weighted by atomic mass is 32.2. The lowest BCUT2D eigenvalue weighted by molar-refractivity contribution is -0.124. The first kappa shape index (κ1) is 17.7. The van der Waals surface area contributed by atoms with Crippen molar-refractivity contribution in [2.75, 3.05) is 25.9 Å². The van der Waals surface area contributed by atoms with Gasteiger partial charge in [0.25, 0.3) is 0 Å². The van der Waals surface area contributed by atoms with Crippen LogP contribution in [0.5, 0.6) is 5.75 Å². The maximum Gasteiger partial charge on any atom is 0.241 e. The molecule has 0 bridgehead atoms. The lowest BCUT2D eigenvalue weighted by atomic mass is 9.96. The van der Waals surface area contributed by atoms with Crippen LogP contribution in [-0.2, 0) is 14.6 Å². The van der Waals surface area contributed by atoms with Crippen LogP contribution < -0.4 is 15.4 Å². The van der Waals surface area contributed by atoms with Gasteiger partial charge in [-0.1, -0.05) is 18.2 Å². The van der Waals surface area contributed by atoms with Gasteiger partial charge in [-0.25, -0.2) is 8.42 Å². The van der Waals surface area contributed by atoms with Gasteiger partial charge in [0.1, 0.15) is 11.9 Å². The molecule has 1 saturated heterocycles. The Hall–Kier alpha value is -1.60. The Labute approximate surface area is 137 Å². The molecule has 1 unspecified atom stereocenters. The number of hydrogen-bond acceptors (Lipinski definition) is 5. The third-order valence-electron chi connectivity index (χ3n) is 4.17. The maximum absolute atomic E-state index is 12.6. The van der Waals surface area contributed by atoms with Crippen molar-refractivity contribution in [1.29, 1.82) is 0 Å². The molecule has 1 aromatic rings. The summed E-state index contributed by atoms with van der Waals surface area (Å²) in [6.07, 6.45) is 1.48. The molecule has 1 fully saturated rings. The van der Waals surface area contributed by atoms with E-state index < -0.39 is 20.5 Å². The van der Waals surface area contributed by atoms with Crippen LogP contribution in [0.15, 0.2) is 30.3 Å². The minimum Gasteiger partial charge on any atom is -0.489 e. The molecule has 128 valence electrons. The van der Waals surface area contributed by atoms with E-state index in [1.54, 1.807) is 0 Å². The molecule has 1 aliphatic heterocycles. The Balaban J connectivity index is 1.97. The van der Waals surface area contributed by atoms with Crippen LogP contribution in [0.1, 0.15) is 19.8 Å².